The maximum Gasteiger partial charge on any atom is 0.281 e. The fourth-order valence-corrected chi connectivity index (χ4v) is 1.23. The summed E-state index contributed by atoms with van der Waals surface area (Å²) in [5, 5.41) is 9.23. The summed E-state index contributed by atoms with van der Waals surface area (Å²) in [7, 11) is 0. The van der Waals surface area contributed by atoms with Crippen molar-refractivity contribution in [2.75, 3.05) is 11.1 Å². The zero-order valence-electron chi connectivity index (χ0n) is 7.85. The van der Waals surface area contributed by atoms with E-state index in [1.807, 2.05) is 0 Å². The number of aromatic nitrogens is 3. The predicted octanol–water partition coefficient (Wildman–Crippen LogP) is 1.06. The van der Waals surface area contributed by atoms with Crippen molar-refractivity contribution in [1.82, 2.24) is 15.3 Å². The average molecular weight is 284 g/mol. The van der Waals surface area contributed by atoms with Crippen LogP contribution in [0.15, 0.2) is 27.6 Å². The summed E-state index contributed by atoms with van der Waals surface area (Å²) in [6, 6.07) is 3.37. The van der Waals surface area contributed by atoms with Crippen LogP contribution in [0.3, 0.4) is 0 Å². The van der Waals surface area contributed by atoms with Gasteiger partial charge in [-0.3, -0.25) is 4.79 Å². The number of carbonyl (C=O) groups is 1. The van der Waals surface area contributed by atoms with Crippen LogP contribution in [0.2, 0.25) is 0 Å². The van der Waals surface area contributed by atoms with Gasteiger partial charge < -0.3 is 11.1 Å². The second kappa shape index (κ2) is 4.27. The lowest BCUT2D eigenvalue weighted by Gasteiger charge is -2.01. The fraction of sp³-hybridized carbons (Fsp3) is 0. The summed E-state index contributed by atoms with van der Waals surface area (Å²) in [6.45, 7) is 0. The van der Waals surface area contributed by atoms with Crippen molar-refractivity contribution >= 4 is 33.3 Å². The first-order valence-electron chi connectivity index (χ1n) is 4.18. The minimum atomic E-state index is -0.497. The van der Waals surface area contributed by atoms with Crippen LogP contribution in [-0.2, 0) is 0 Å². The number of nitrogens with one attached hydrogen (secondary N) is 1. The molecule has 0 saturated heterocycles. The first-order chi connectivity index (χ1) is 7.66. The average Bonchev–Trinajstić information content (AvgIpc) is 2.68. The molecular weight excluding hydrogens is 278 g/mol. The second-order valence-corrected chi connectivity index (χ2v) is 3.63. The van der Waals surface area contributed by atoms with Gasteiger partial charge in [0.05, 0.1) is 11.9 Å². The van der Waals surface area contributed by atoms with Gasteiger partial charge in [-0.15, -0.1) is 0 Å². The minimum absolute atomic E-state index is 0.0529. The van der Waals surface area contributed by atoms with Crippen LogP contribution in [-0.4, -0.2) is 21.2 Å². The van der Waals surface area contributed by atoms with Crippen LogP contribution >= 0.6 is 15.9 Å². The molecule has 0 aliphatic heterocycles. The molecule has 7 nitrogen and oxygen atoms in total. The zero-order valence-corrected chi connectivity index (χ0v) is 9.43. The lowest BCUT2D eigenvalue weighted by Crippen LogP contribution is -2.14. The first-order valence-corrected chi connectivity index (χ1v) is 4.97. The molecule has 0 fully saturated rings. The highest BCUT2D eigenvalue weighted by Gasteiger charge is 2.15. The van der Waals surface area contributed by atoms with Crippen molar-refractivity contribution in [3.8, 4) is 0 Å². The standard InChI is InChI=1S/C8H6BrN5O2/c9-5-2-1-4(3-11-5)12-8(15)6-7(10)14-16-13-6/h1-3H,(H2,10,14)(H,12,15). The van der Waals surface area contributed by atoms with Crippen molar-refractivity contribution in [3.63, 3.8) is 0 Å². The Balaban J connectivity index is 2.14. The van der Waals surface area contributed by atoms with Crippen molar-refractivity contribution in [2.45, 2.75) is 0 Å². The Morgan fingerprint density at radius 3 is 2.81 bits per heavy atom. The maximum absolute atomic E-state index is 11.6. The highest BCUT2D eigenvalue weighted by molar-refractivity contribution is 9.10. The van der Waals surface area contributed by atoms with E-state index in [1.54, 1.807) is 12.1 Å². The third-order valence-corrected chi connectivity index (χ3v) is 2.18. The van der Waals surface area contributed by atoms with Gasteiger partial charge in [0.15, 0.2) is 0 Å². The van der Waals surface area contributed by atoms with E-state index < -0.39 is 5.91 Å². The van der Waals surface area contributed by atoms with E-state index >= 15 is 0 Å². The first kappa shape index (κ1) is 10.6. The van der Waals surface area contributed by atoms with Crippen LogP contribution in [0.5, 0.6) is 0 Å². The van der Waals surface area contributed by atoms with Gasteiger partial charge >= 0.3 is 0 Å². The van der Waals surface area contributed by atoms with E-state index in [9.17, 15) is 4.79 Å². The Morgan fingerprint density at radius 2 is 2.25 bits per heavy atom. The Labute approximate surface area is 98.1 Å². The number of nitrogen functional groups attached to an aromatic ring is 1. The number of nitrogens with zero attached hydrogens (tertiary/aromatic N) is 3. The molecule has 2 rings (SSSR count). The number of amides is 1. The van der Waals surface area contributed by atoms with E-state index in [0.29, 0.717) is 10.3 Å². The van der Waals surface area contributed by atoms with E-state index in [2.05, 4.69) is 41.2 Å². The number of anilines is 2. The smallest absolute Gasteiger partial charge is 0.281 e. The normalized spacial score (nSPS) is 10.1. The van der Waals surface area contributed by atoms with Gasteiger partial charge in [0.2, 0.25) is 11.5 Å². The molecule has 8 heteroatoms. The number of rotatable bonds is 2. The van der Waals surface area contributed by atoms with Crippen molar-refractivity contribution in [3.05, 3.63) is 28.6 Å². The molecule has 2 aromatic heterocycles. The number of halogens is 1. The van der Waals surface area contributed by atoms with Crippen LogP contribution in [0.4, 0.5) is 11.5 Å². The molecule has 2 aromatic rings. The molecule has 2 heterocycles. The quantitative estimate of drug-likeness (QED) is 0.798. The number of carbonyl (C=O) groups excluding carboxylic acids is 1. The van der Waals surface area contributed by atoms with Gasteiger partial charge in [0.25, 0.3) is 5.91 Å². The Hall–Kier alpha value is -1.96. The van der Waals surface area contributed by atoms with Crippen molar-refractivity contribution in [1.29, 1.82) is 0 Å². The summed E-state index contributed by atoms with van der Waals surface area (Å²) in [4.78, 5) is 15.5. The lowest BCUT2D eigenvalue weighted by atomic mass is 10.3. The molecule has 0 bridgehead atoms. The molecule has 0 atom stereocenters. The number of hydrogen-bond donors (Lipinski definition) is 2. The molecule has 0 spiro atoms. The molecule has 0 aliphatic rings. The van der Waals surface area contributed by atoms with Gasteiger partial charge in [-0.1, -0.05) is 0 Å². The van der Waals surface area contributed by atoms with Crippen LogP contribution in [0, 0.1) is 0 Å². The largest absolute Gasteiger partial charge is 0.379 e. The fourth-order valence-electron chi connectivity index (χ4n) is 0.993. The molecule has 1 amide bonds. The van der Waals surface area contributed by atoms with Crippen LogP contribution in [0.1, 0.15) is 10.5 Å². The van der Waals surface area contributed by atoms with E-state index in [0.717, 1.165) is 0 Å². The number of hydrogen-bond acceptors (Lipinski definition) is 6. The number of nitrogens with two attached hydrogens (primary N) is 1. The molecular formula is C8H6BrN5O2. The summed E-state index contributed by atoms with van der Waals surface area (Å²) >= 11 is 3.18. The Bertz CT molecular complexity index is 509. The summed E-state index contributed by atoms with van der Waals surface area (Å²) in [6.07, 6.45) is 1.49. The Kier molecular flexibility index (Phi) is 2.82. The highest BCUT2D eigenvalue weighted by Crippen LogP contribution is 2.12. The summed E-state index contributed by atoms with van der Waals surface area (Å²) in [5.74, 6) is -0.551. The van der Waals surface area contributed by atoms with Crippen LogP contribution in [0.25, 0.3) is 0 Å². The van der Waals surface area contributed by atoms with E-state index in [-0.39, 0.29) is 11.5 Å². The minimum Gasteiger partial charge on any atom is -0.379 e. The summed E-state index contributed by atoms with van der Waals surface area (Å²) in [5.41, 5.74) is 5.84. The molecule has 0 aliphatic carbocycles. The van der Waals surface area contributed by atoms with E-state index in [1.165, 1.54) is 6.20 Å². The van der Waals surface area contributed by atoms with Crippen LogP contribution < -0.4 is 11.1 Å². The number of pyridine rings is 1. The SMILES string of the molecule is Nc1nonc1C(=O)Nc1ccc(Br)nc1. The van der Waals surface area contributed by atoms with Gasteiger partial charge in [0, 0.05) is 0 Å². The van der Waals surface area contributed by atoms with Gasteiger partial charge in [-0.25, -0.2) is 9.61 Å². The molecule has 0 aromatic carbocycles. The highest BCUT2D eigenvalue weighted by atomic mass is 79.9. The molecule has 82 valence electrons. The third-order valence-electron chi connectivity index (χ3n) is 1.71. The second-order valence-electron chi connectivity index (χ2n) is 2.82. The molecule has 16 heavy (non-hydrogen) atoms. The van der Waals surface area contributed by atoms with E-state index in [4.69, 9.17) is 5.73 Å². The molecule has 3 N–H and O–H groups in total. The summed E-state index contributed by atoms with van der Waals surface area (Å²) < 4.78 is 4.99. The lowest BCUT2D eigenvalue weighted by molar-refractivity contribution is 0.101. The van der Waals surface area contributed by atoms with Crippen molar-refractivity contribution in [2.24, 2.45) is 0 Å². The zero-order chi connectivity index (χ0) is 11.5. The Morgan fingerprint density at radius 1 is 1.44 bits per heavy atom. The van der Waals surface area contributed by atoms with Gasteiger partial charge in [0.1, 0.15) is 4.60 Å². The monoisotopic (exact) mass is 283 g/mol. The topological polar surface area (TPSA) is 107 Å². The molecule has 0 unspecified atom stereocenters. The molecule has 0 saturated carbocycles. The maximum atomic E-state index is 11.6. The predicted molar refractivity (Wildman–Crippen MR) is 58.6 cm³/mol. The third kappa shape index (κ3) is 2.16. The van der Waals surface area contributed by atoms with Gasteiger partial charge in [-0.05, 0) is 38.4 Å². The molecule has 0 radical (unpaired) electrons. The van der Waals surface area contributed by atoms with Crippen molar-refractivity contribution < 1.29 is 9.42 Å². The van der Waals surface area contributed by atoms with Gasteiger partial charge in [-0.2, -0.15) is 0 Å².